The lowest BCUT2D eigenvalue weighted by Crippen LogP contribution is -2.14. The first kappa shape index (κ1) is 17.2. The van der Waals surface area contributed by atoms with Crippen LogP contribution >= 0.6 is 11.6 Å². The van der Waals surface area contributed by atoms with Gasteiger partial charge in [-0.15, -0.1) is 0 Å². The Hall–Kier alpha value is -3.18. The normalized spacial score (nSPS) is 10.9. The first-order chi connectivity index (χ1) is 13.0. The number of fused-ring (bicyclic) bond motifs is 1. The number of halogens is 1. The number of nitrogens with zero attached hydrogens (tertiary/aromatic N) is 2. The molecule has 27 heavy (non-hydrogen) atoms. The number of nitrogens with one attached hydrogen (secondary N) is 2. The molecule has 4 aromatic rings. The van der Waals surface area contributed by atoms with E-state index in [1.165, 1.54) is 0 Å². The van der Waals surface area contributed by atoms with Crippen molar-refractivity contribution in [3.8, 4) is 11.4 Å². The molecular formula is C21H17ClN4O. The van der Waals surface area contributed by atoms with Crippen LogP contribution in [0.2, 0.25) is 5.02 Å². The van der Waals surface area contributed by atoms with Gasteiger partial charge in [-0.05, 0) is 56.3 Å². The second-order valence-corrected chi connectivity index (χ2v) is 6.74. The number of carbonyl (C=O) groups is 1. The number of rotatable bonds is 3. The monoisotopic (exact) mass is 376 g/mol. The van der Waals surface area contributed by atoms with Crippen molar-refractivity contribution in [1.29, 1.82) is 0 Å². The summed E-state index contributed by atoms with van der Waals surface area (Å²) in [4.78, 5) is 24.8. The number of H-pyrrole nitrogens is 1. The number of benzene rings is 2. The summed E-state index contributed by atoms with van der Waals surface area (Å²) in [6, 6.07) is 16.7. The van der Waals surface area contributed by atoms with Crippen molar-refractivity contribution in [3.05, 3.63) is 76.6 Å². The van der Waals surface area contributed by atoms with Gasteiger partial charge in [0.2, 0.25) is 0 Å². The number of anilines is 1. The molecule has 2 heterocycles. The van der Waals surface area contributed by atoms with E-state index >= 15 is 0 Å². The van der Waals surface area contributed by atoms with Crippen LogP contribution in [0.15, 0.2) is 54.6 Å². The molecule has 1 amide bonds. The zero-order chi connectivity index (χ0) is 19.0. The van der Waals surface area contributed by atoms with E-state index in [9.17, 15) is 4.79 Å². The molecule has 6 heteroatoms. The van der Waals surface area contributed by atoms with Crippen molar-refractivity contribution in [2.24, 2.45) is 0 Å². The second-order valence-electron chi connectivity index (χ2n) is 6.34. The van der Waals surface area contributed by atoms with Gasteiger partial charge in [-0.2, -0.15) is 0 Å². The molecule has 0 aliphatic carbocycles. The first-order valence-corrected chi connectivity index (χ1v) is 8.89. The Kier molecular flexibility index (Phi) is 4.38. The third kappa shape index (κ3) is 3.41. The van der Waals surface area contributed by atoms with Gasteiger partial charge in [-0.25, -0.2) is 4.98 Å². The highest BCUT2D eigenvalue weighted by Crippen LogP contribution is 2.28. The van der Waals surface area contributed by atoms with Crippen LogP contribution < -0.4 is 5.32 Å². The van der Waals surface area contributed by atoms with E-state index in [-0.39, 0.29) is 5.91 Å². The number of pyridine rings is 1. The van der Waals surface area contributed by atoms with Crippen LogP contribution in [0.25, 0.3) is 22.4 Å². The van der Waals surface area contributed by atoms with Crippen LogP contribution in [-0.2, 0) is 0 Å². The quantitative estimate of drug-likeness (QED) is 0.519. The van der Waals surface area contributed by atoms with E-state index in [2.05, 4.69) is 20.3 Å². The fraction of sp³-hybridized carbons (Fsp3) is 0.0952. The van der Waals surface area contributed by atoms with Crippen molar-refractivity contribution in [2.45, 2.75) is 13.8 Å². The maximum absolute atomic E-state index is 12.6. The summed E-state index contributed by atoms with van der Waals surface area (Å²) in [7, 11) is 0. The summed E-state index contributed by atoms with van der Waals surface area (Å²) in [5, 5.41) is 3.55. The minimum atomic E-state index is -0.190. The molecule has 5 nitrogen and oxygen atoms in total. The number of aromatic amines is 1. The highest BCUT2D eigenvalue weighted by Gasteiger charge is 2.12. The smallest absolute Gasteiger partial charge is 0.257 e. The number of hydrogen-bond donors (Lipinski definition) is 2. The summed E-state index contributed by atoms with van der Waals surface area (Å²) in [6.07, 6.45) is 0. The number of imidazole rings is 1. The molecule has 0 spiro atoms. The minimum Gasteiger partial charge on any atom is -0.338 e. The fourth-order valence-electron chi connectivity index (χ4n) is 2.99. The van der Waals surface area contributed by atoms with Crippen molar-refractivity contribution >= 4 is 34.2 Å². The molecule has 0 fully saturated rings. The summed E-state index contributed by atoms with van der Waals surface area (Å²) < 4.78 is 0. The van der Waals surface area contributed by atoms with E-state index in [1.54, 1.807) is 6.07 Å². The molecule has 0 atom stereocenters. The Bertz CT molecular complexity index is 1170. The van der Waals surface area contributed by atoms with Crippen LogP contribution in [0.3, 0.4) is 0 Å². The molecule has 2 aromatic carbocycles. The van der Waals surface area contributed by atoms with Crippen molar-refractivity contribution in [1.82, 2.24) is 15.0 Å². The number of aromatic nitrogens is 3. The molecule has 0 saturated heterocycles. The summed E-state index contributed by atoms with van der Waals surface area (Å²) in [5.74, 6) is 0.503. The van der Waals surface area contributed by atoms with Crippen molar-refractivity contribution in [3.63, 3.8) is 0 Å². The maximum atomic E-state index is 12.6. The third-order valence-electron chi connectivity index (χ3n) is 4.34. The number of hydrogen-bond acceptors (Lipinski definition) is 3. The highest BCUT2D eigenvalue weighted by atomic mass is 35.5. The first-order valence-electron chi connectivity index (χ1n) is 8.51. The summed E-state index contributed by atoms with van der Waals surface area (Å²) in [5.41, 5.74) is 5.29. The maximum Gasteiger partial charge on any atom is 0.257 e. The zero-order valence-corrected chi connectivity index (χ0v) is 15.6. The van der Waals surface area contributed by atoms with Gasteiger partial charge in [0.05, 0.1) is 27.3 Å². The van der Waals surface area contributed by atoms with Crippen molar-refractivity contribution < 1.29 is 4.79 Å². The average Bonchev–Trinajstić information content (AvgIpc) is 3.05. The molecular weight excluding hydrogens is 360 g/mol. The van der Waals surface area contributed by atoms with Crippen LogP contribution in [0.4, 0.5) is 5.69 Å². The molecule has 0 radical (unpaired) electrons. The van der Waals surface area contributed by atoms with E-state index in [1.807, 2.05) is 62.4 Å². The third-order valence-corrected chi connectivity index (χ3v) is 4.67. The number of aryl methyl sites for hydroxylation is 2. The SMILES string of the molecule is Cc1ccc(C(=O)Nc2ccc3nc(-c4ccccc4Cl)[nH]c3c2)c(C)n1. The lowest BCUT2D eigenvalue weighted by Gasteiger charge is -2.07. The Morgan fingerprint density at radius 1 is 1.04 bits per heavy atom. The summed E-state index contributed by atoms with van der Waals surface area (Å²) in [6.45, 7) is 3.73. The lowest BCUT2D eigenvalue weighted by molar-refractivity contribution is 0.102. The Morgan fingerprint density at radius 3 is 2.63 bits per heavy atom. The van der Waals surface area contributed by atoms with Crippen LogP contribution in [-0.4, -0.2) is 20.9 Å². The van der Waals surface area contributed by atoms with Crippen LogP contribution in [0.1, 0.15) is 21.7 Å². The Balaban J connectivity index is 1.64. The molecule has 2 N–H and O–H groups in total. The zero-order valence-electron chi connectivity index (χ0n) is 14.9. The largest absolute Gasteiger partial charge is 0.338 e. The highest BCUT2D eigenvalue weighted by molar-refractivity contribution is 6.33. The lowest BCUT2D eigenvalue weighted by atomic mass is 10.1. The Morgan fingerprint density at radius 2 is 1.85 bits per heavy atom. The van der Waals surface area contributed by atoms with Gasteiger partial charge >= 0.3 is 0 Å². The standard InChI is InChI=1S/C21H17ClN4O/c1-12-7-9-15(13(2)23-12)21(27)24-14-8-10-18-19(11-14)26-20(25-18)16-5-3-4-6-17(16)22/h3-11H,1-2H3,(H,24,27)(H,25,26). The van der Waals surface area contributed by atoms with Crippen LogP contribution in [0, 0.1) is 13.8 Å². The van der Waals surface area contributed by atoms with Gasteiger partial charge in [0, 0.05) is 16.9 Å². The molecule has 0 aliphatic heterocycles. The van der Waals surface area contributed by atoms with Gasteiger partial charge in [0.25, 0.3) is 5.91 Å². The molecule has 0 unspecified atom stereocenters. The molecule has 4 rings (SSSR count). The van der Waals surface area contributed by atoms with Crippen LogP contribution in [0.5, 0.6) is 0 Å². The van der Waals surface area contributed by atoms with Gasteiger partial charge in [-0.1, -0.05) is 23.7 Å². The molecule has 0 aliphatic rings. The molecule has 0 bridgehead atoms. The second kappa shape index (κ2) is 6.85. The predicted molar refractivity (Wildman–Crippen MR) is 108 cm³/mol. The van der Waals surface area contributed by atoms with Gasteiger partial charge in [0.1, 0.15) is 5.82 Å². The fourth-order valence-corrected chi connectivity index (χ4v) is 3.22. The minimum absolute atomic E-state index is 0.190. The Labute approximate surface area is 161 Å². The topological polar surface area (TPSA) is 70.7 Å². The molecule has 134 valence electrons. The number of amides is 1. The van der Waals surface area contributed by atoms with E-state index in [0.29, 0.717) is 27.8 Å². The number of carbonyl (C=O) groups excluding carboxylic acids is 1. The summed E-state index contributed by atoms with van der Waals surface area (Å²) >= 11 is 6.26. The van der Waals surface area contributed by atoms with Gasteiger partial charge in [0.15, 0.2) is 0 Å². The molecule has 0 saturated carbocycles. The molecule has 2 aromatic heterocycles. The van der Waals surface area contributed by atoms with Gasteiger partial charge in [-0.3, -0.25) is 9.78 Å². The van der Waals surface area contributed by atoms with Crippen molar-refractivity contribution in [2.75, 3.05) is 5.32 Å². The van der Waals surface area contributed by atoms with E-state index < -0.39 is 0 Å². The van der Waals surface area contributed by atoms with Gasteiger partial charge < -0.3 is 10.3 Å². The van der Waals surface area contributed by atoms with E-state index in [4.69, 9.17) is 11.6 Å². The van der Waals surface area contributed by atoms with E-state index in [0.717, 1.165) is 22.3 Å². The average molecular weight is 377 g/mol. The predicted octanol–water partition coefficient (Wildman–Crippen LogP) is 5.15.